The van der Waals surface area contributed by atoms with E-state index in [1.807, 2.05) is 19.0 Å². The van der Waals surface area contributed by atoms with Gasteiger partial charge in [-0.05, 0) is 27.1 Å². The Morgan fingerprint density at radius 1 is 1.00 bits per heavy atom. The van der Waals surface area contributed by atoms with Crippen LogP contribution < -0.4 is 19.5 Å². The van der Waals surface area contributed by atoms with Crippen LogP contribution in [0.5, 0.6) is 17.2 Å². The normalized spacial score (nSPS) is 10.4. The standard InChI is InChI=1S/C18H29N3O5/c1-13(22)21(9-7-8-20(2)3)12-17(23)19-14-10-15(24-4)18(26-6)16(11-14)25-5/h10-11H,7-9,12H2,1-6H3,(H,19,23). The molecule has 26 heavy (non-hydrogen) atoms. The average Bonchev–Trinajstić information content (AvgIpc) is 2.59. The molecule has 2 amide bonds. The van der Waals surface area contributed by atoms with Gasteiger partial charge in [0.1, 0.15) is 0 Å². The van der Waals surface area contributed by atoms with Gasteiger partial charge >= 0.3 is 0 Å². The monoisotopic (exact) mass is 367 g/mol. The molecular formula is C18H29N3O5. The quantitative estimate of drug-likeness (QED) is 0.674. The van der Waals surface area contributed by atoms with Crippen molar-refractivity contribution in [3.63, 3.8) is 0 Å². The topological polar surface area (TPSA) is 80.3 Å². The number of hydrogen-bond donors (Lipinski definition) is 1. The maximum Gasteiger partial charge on any atom is 0.243 e. The van der Waals surface area contributed by atoms with E-state index in [1.165, 1.54) is 33.2 Å². The lowest BCUT2D eigenvalue weighted by molar-refractivity contribution is -0.132. The van der Waals surface area contributed by atoms with Crippen molar-refractivity contribution in [3.05, 3.63) is 12.1 Å². The van der Waals surface area contributed by atoms with E-state index in [2.05, 4.69) is 5.32 Å². The van der Waals surface area contributed by atoms with Crippen molar-refractivity contribution in [1.29, 1.82) is 0 Å². The van der Waals surface area contributed by atoms with E-state index in [1.54, 1.807) is 12.1 Å². The zero-order valence-corrected chi connectivity index (χ0v) is 16.4. The van der Waals surface area contributed by atoms with Crippen LogP contribution in [0.15, 0.2) is 12.1 Å². The van der Waals surface area contributed by atoms with Gasteiger partial charge in [0, 0.05) is 31.3 Å². The molecule has 0 bridgehead atoms. The molecule has 8 heteroatoms. The fraction of sp³-hybridized carbons (Fsp3) is 0.556. The largest absolute Gasteiger partial charge is 0.493 e. The molecule has 0 saturated heterocycles. The van der Waals surface area contributed by atoms with Gasteiger partial charge < -0.3 is 29.3 Å². The number of nitrogens with one attached hydrogen (secondary N) is 1. The number of ether oxygens (including phenoxy) is 3. The molecule has 146 valence electrons. The lowest BCUT2D eigenvalue weighted by Crippen LogP contribution is -2.38. The molecule has 0 radical (unpaired) electrons. The van der Waals surface area contributed by atoms with Crippen molar-refractivity contribution in [1.82, 2.24) is 9.80 Å². The van der Waals surface area contributed by atoms with Crippen molar-refractivity contribution >= 4 is 17.5 Å². The molecule has 0 spiro atoms. The summed E-state index contributed by atoms with van der Waals surface area (Å²) >= 11 is 0. The number of carbonyl (C=O) groups is 2. The van der Waals surface area contributed by atoms with Crippen LogP contribution in [0.1, 0.15) is 13.3 Å². The summed E-state index contributed by atoms with van der Waals surface area (Å²) in [6, 6.07) is 3.28. The second-order valence-corrected chi connectivity index (χ2v) is 6.06. The Hall–Kier alpha value is -2.48. The number of anilines is 1. The lowest BCUT2D eigenvalue weighted by atomic mass is 10.2. The molecule has 0 heterocycles. The highest BCUT2D eigenvalue weighted by molar-refractivity contribution is 5.94. The number of rotatable bonds is 10. The van der Waals surface area contributed by atoms with Gasteiger partial charge in [-0.15, -0.1) is 0 Å². The molecule has 0 unspecified atom stereocenters. The average molecular weight is 367 g/mol. The molecule has 0 atom stereocenters. The summed E-state index contributed by atoms with van der Waals surface area (Å²) < 4.78 is 15.8. The molecule has 1 N–H and O–H groups in total. The third-order valence-electron chi connectivity index (χ3n) is 3.76. The first-order valence-corrected chi connectivity index (χ1v) is 8.32. The van der Waals surface area contributed by atoms with Gasteiger partial charge in [-0.25, -0.2) is 0 Å². The second kappa shape index (κ2) is 10.5. The fourth-order valence-electron chi connectivity index (χ4n) is 2.45. The zero-order chi connectivity index (χ0) is 19.7. The van der Waals surface area contributed by atoms with Gasteiger partial charge in [0.05, 0.1) is 27.9 Å². The van der Waals surface area contributed by atoms with Crippen LogP contribution in [0.2, 0.25) is 0 Å². The molecule has 1 aromatic rings. The molecular weight excluding hydrogens is 338 g/mol. The Kier molecular flexibility index (Phi) is 8.71. The molecule has 1 aromatic carbocycles. The Morgan fingerprint density at radius 3 is 2.00 bits per heavy atom. The number of methoxy groups -OCH3 is 3. The lowest BCUT2D eigenvalue weighted by Gasteiger charge is -2.22. The molecule has 0 aliphatic carbocycles. The molecule has 1 rings (SSSR count). The van der Waals surface area contributed by atoms with E-state index < -0.39 is 0 Å². The Bertz CT molecular complexity index is 594. The van der Waals surface area contributed by atoms with Gasteiger partial charge in [0.15, 0.2) is 11.5 Å². The SMILES string of the molecule is COc1cc(NC(=O)CN(CCCN(C)C)C(C)=O)cc(OC)c1OC. The van der Waals surface area contributed by atoms with E-state index in [0.717, 1.165) is 13.0 Å². The Morgan fingerprint density at radius 2 is 1.58 bits per heavy atom. The predicted molar refractivity (Wildman–Crippen MR) is 100 cm³/mol. The van der Waals surface area contributed by atoms with E-state index >= 15 is 0 Å². The van der Waals surface area contributed by atoms with Crippen LogP contribution >= 0.6 is 0 Å². The first kappa shape index (κ1) is 21.6. The summed E-state index contributed by atoms with van der Waals surface area (Å²) in [7, 11) is 8.46. The van der Waals surface area contributed by atoms with Crippen LogP contribution in [0.4, 0.5) is 5.69 Å². The van der Waals surface area contributed by atoms with Crippen LogP contribution in [0, 0.1) is 0 Å². The third-order valence-corrected chi connectivity index (χ3v) is 3.76. The number of amides is 2. The minimum absolute atomic E-state index is 0.0145. The van der Waals surface area contributed by atoms with Crippen LogP contribution in [-0.4, -0.2) is 76.7 Å². The maximum absolute atomic E-state index is 12.3. The fourth-order valence-corrected chi connectivity index (χ4v) is 2.45. The number of nitrogens with zero attached hydrogens (tertiary/aromatic N) is 2. The Labute approximate surface area is 155 Å². The van der Waals surface area contributed by atoms with E-state index in [0.29, 0.717) is 29.5 Å². The van der Waals surface area contributed by atoms with E-state index in [9.17, 15) is 9.59 Å². The zero-order valence-electron chi connectivity index (χ0n) is 16.4. The predicted octanol–water partition coefficient (Wildman–Crippen LogP) is 1.45. The van der Waals surface area contributed by atoms with Crippen molar-refractivity contribution in [2.75, 3.05) is 60.4 Å². The molecule has 0 aromatic heterocycles. The van der Waals surface area contributed by atoms with Crippen molar-refractivity contribution in [2.24, 2.45) is 0 Å². The first-order valence-electron chi connectivity index (χ1n) is 8.32. The van der Waals surface area contributed by atoms with Gasteiger partial charge in [0.2, 0.25) is 17.6 Å². The molecule has 8 nitrogen and oxygen atoms in total. The second-order valence-electron chi connectivity index (χ2n) is 6.06. The highest BCUT2D eigenvalue weighted by atomic mass is 16.5. The number of carbonyl (C=O) groups excluding carboxylic acids is 2. The minimum Gasteiger partial charge on any atom is -0.493 e. The molecule has 0 aliphatic rings. The van der Waals surface area contributed by atoms with E-state index in [-0.39, 0.29) is 18.4 Å². The molecule has 0 aliphatic heterocycles. The summed E-state index contributed by atoms with van der Waals surface area (Å²) in [5, 5.41) is 2.77. The summed E-state index contributed by atoms with van der Waals surface area (Å²) in [4.78, 5) is 27.7. The van der Waals surface area contributed by atoms with E-state index in [4.69, 9.17) is 14.2 Å². The minimum atomic E-state index is -0.292. The first-order chi connectivity index (χ1) is 12.3. The van der Waals surface area contributed by atoms with Crippen molar-refractivity contribution < 1.29 is 23.8 Å². The van der Waals surface area contributed by atoms with Crippen LogP contribution in [0.25, 0.3) is 0 Å². The smallest absolute Gasteiger partial charge is 0.243 e. The summed E-state index contributed by atoms with van der Waals surface area (Å²) in [5.41, 5.74) is 0.501. The van der Waals surface area contributed by atoms with Crippen molar-refractivity contribution in [3.8, 4) is 17.2 Å². The van der Waals surface area contributed by atoms with Crippen molar-refractivity contribution in [2.45, 2.75) is 13.3 Å². The van der Waals surface area contributed by atoms with Gasteiger partial charge in [0.25, 0.3) is 0 Å². The van der Waals surface area contributed by atoms with Crippen LogP contribution in [-0.2, 0) is 9.59 Å². The summed E-state index contributed by atoms with van der Waals surface area (Å²) in [5.74, 6) is 0.901. The summed E-state index contributed by atoms with van der Waals surface area (Å²) in [6.45, 7) is 2.82. The molecule has 0 saturated carbocycles. The van der Waals surface area contributed by atoms with Gasteiger partial charge in [-0.3, -0.25) is 9.59 Å². The number of hydrogen-bond acceptors (Lipinski definition) is 6. The van der Waals surface area contributed by atoms with Gasteiger partial charge in [-0.1, -0.05) is 0 Å². The maximum atomic E-state index is 12.3. The molecule has 0 fully saturated rings. The highest BCUT2D eigenvalue weighted by Crippen LogP contribution is 2.39. The number of benzene rings is 1. The third kappa shape index (κ3) is 6.44. The summed E-state index contributed by atoms with van der Waals surface area (Å²) in [6.07, 6.45) is 0.796. The van der Waals surface area contributed by atoms with Crippen LogP contribution in [0.3, 0.4) is 0 Å². The van der Waals surface area contributed by atoms with Gasteiger partial charge in [-0.2, -0.15) is 0 Å². The highest BCUT2D eigenvalue weighted by Gasteiger charge is 2.17. The Balaban J connectivity index is 2.80.